The van der Waals surface area contributed by atoms with Gasteiger partial charge in [0.1, 0.15) is 12.4 Å². The van der Waals surface area contributed by atoms with Crippen LogP contribution in [-0.4, -0.2) is 55.9 Å². The smallest absolute Gasteiger partial charge is 0.307 e. The molecular formula is C15H23NO4. The van der Waals surface area contributed by atoms with Gasteiger partial charge in [-0.15, -0.1) is 0 Å². The van der Waals surface area contributed by atoms with Crippen LogP contribution in [0.3, 0.4) is 0 Å². The molecule has 0 bridgehead atoms. The number of nitrogens with zero attached hydrogens (tertiary/aromatic N) is 1. The second-order valence-electron chi connectivity index (χ2n) is 4.56. The summed E-state index contributed by atoms with van der Waals surface area (Å²) < 4.78 is 10.9. The minimum Gasteiger partial charge on any atom is -0.492 e. The molecule has 1 rings (SSSR count). The van der Waals surface area contributed by atoms with Crippen LogP contribution in [0.15, 0.2) is 24.3 Å². The summed E-state index contributed by atoms with van der Waals surface area (Å²) in [4.78, 5) is 12.7. The monoisotopic (exact) mass is 281 g/mol. The highest BCUT2D eigenvalue weighted by atomic mass is 16.5. The van der Waals surface area contributed by atoms with E-state index in [0.29, 0.717) is 6.61 Å². The number of aliphatic carboxylic acids is 1. The summed E-state index contributed by atoms with van der Waals surface area (Å²) in [6.07, 6.45) is 0.0421. The lowest BCUT2D eigenvalue weighted by molar-refractivity contribution is -0.136. The van der Waals surface area contributed by atoms with E-state index in [1.807, 2.05) is 14.0 Å². The van der Waals surface area contributed by atoms with Gasteiger partial charge in [-0.2, -0.15) is 0 Å². The maximum Gasteiger partial charge on any atom is 0.307 e. The Morgan fingerprint density at radius 3 is 2.45 bits per heavy atom. The molecule has 5 nitrogen and oxygen atoms in total. The number of benzene rings is 1. The van der Waals surface area contributed by atoms with Crippen LogP contribution >= 0.6 is 0 Å². The molecule has 0 aromatic heterocycles. The summed E-state index contributed by atoms with van der Waals surface area (Å²) in [6, 6.07) is 7.17. The minimum absolute atomic E-state index is 0.0421. The van der Waals surface area contributed by atoms with Gasteiger partial charge in [0.05, 0.1) is 13.0 Å². The average Bonchev–Trinajstić information content (AvgIpc) is 2.40. The summed E-state index contributed by atoms with van der Waals surface area (Å²) >= 11 is 0. The topological polar surface area (TPSA) is 59.0 Å². The molecule has 0 aliphatic heterocycles. The third kappa shape index (κ3) is 7.11. The summed E-state index contributed by atoms with van der Waals surface area (Å²) in [7, 11) is 2.03. The number of hydrogen-bond acceptors (Lipinski definition) is 4. The summed E-state index contributed by atoms with van der Waals surface area (Å²) in [5, 5.41) is 8.68. The zero-order valence-corrected chi connectivity index (χ0v) is 12.2. The van der Waals surface area contributed by atoms with Crippen molar-refractivity contribution in [2.24, 2.45) is 0 Å². The Labute approximate surface area is 120 Å². The fourth-order valence-electron chi connectivity index (χ4n) is 1.67. The first kappa shape index (κ1) is 16.5. The highest BCUT2D eigenvalue weighted by Crippen LogP contribution is 2.12. The van der Waals surface area contributed by atoms with Crippen molar-refractivity contribution in [3.05, 3.63) is 29.8 Å². The molecule has 0 saturated heterocycles. The third-order valence-electron chi connectivity index (χ3n) is 2.84. The van der Waals surface area contributed by atoms with E-state index in [2.05, 4.69) is 4.90 Å². The summed E-state index contributed by atoms with van der Waals surface area (Å²) in [5.41, 5.74) is 0.777. The van der Waals surface area contributed by atoms with E-state index >= 15 is 0 Å². The molecule has 20 heavy (non-hydrogen) atoms. The Balaban J connectivity index is 2.23. The number of likely N-dealkylation sites (N-methyl/N-ethyl adjacent to an activating group) is 1. The normalized spacial score (nSPS) is 10.8. The Bertz CT molecular complexity index is 391. The van der Waals surface area contributed by atoms with Crippen LogP contribution in [0.4, 0.5) is 0 Å². The summed E-state index contributed by atoms with van der Waals surface area (Å²) in [5.74, 6) is -0.0630. The van der Waals surface area contributed by atoms with Crippen molar-refractivity contribution in [3.63, 3.8) is 0 Å². The Hall–Kier alpha value is -1.59. The highest BCUT2D eigenvalue weighted by molar-refractivity contribution is 5.70. The second kappa shape index (κ2) is 9.34. The van der Waals surface area contributed by atoms with Crippen LogP contribution in [0.5, 0.6) is 5.75 Å². The zero-order chi connectivity index (χ0) is 14.8. The minimum atomic E-state index is -0.824. The number of carboxylic acid groups (broad SMARTS) is 1. The van der Waals surface area contributed by atoms with Gasteiger partial charge in [-0.05, 0) is 31.7 Å². The van der Waals surface area contributed by atoms with Crippen molar-refractivity contribution < 1.29 is 19.4 Å². The number of rotatable bonds is 10. The maximum atomic E-state index is 10.6. The van der Waals surface area contributed by atoms with Crippen molar-refractivity contribution in [2.45, 2.75) is 13.3 Å². The van der Waals surface area contributed by atoms with Gasteiger partial charge < -0.3 is 19.5 Å². The first-order chi connectivity index (χ1) is 9.61. The van der Waals surface area contributed by atoms with E-state index in [0.717, 1.165) is 37.6 Å². The molecule has 0 spiro atoms. The van der Waals surface area contributed by atoms with Crippen molar-refractivity contribution >= 4 is 5.97 Å². The lowest BCUT2D eigenvalue weighted by Crippen LogP contribution is -2.27. The third-order valence-corrected chi connectivity index (χ3v) is 2.84. The zero-order valence-electron chi connectivity index (χ0n) is 12.2. The number of carbonyl (C=O) groups is 1. The largest absolute Gasteiger partial charge is 0.492 e. The molecule has 0 aliphatic carbocycles. The highest BCUT2D eigenvalue weighted by Gasteiger charge is 2.02. The molecule has 0 amide bonds. The molecule has 0 saturated carbocycles. The van der Waals surface area contributed by atoms with Crippen LogP contribution in [0.1, 0.15) is 12.5 Å². The van der Waals surface area contributed by atoms with Gasteiger partial charge >= 0.3 is 5.97 Å². The Morgan fingerprint density at radius 2 is 1.85 bits per heavy atom. The molecule has 5 heteroatoms. The lowest BCUT2D eigenvalue weighted by Gasteiger charge is -2.16. The van der Waals surface area contributed by atoms with Gasteiger partial charge in [0.25, 0.3) is 0 Å². The summed E-state index contributed by atoms with van der Waals surface area (Å²) in [6.45, 7) is 5.76. The van der Waals surface area contributed by atoms with Gasteiger partial charge in [0.15, 0.2) is 0 Å². The van der Waals surface area contributed by atoms with Crippen LogP contribution in [0.2, 0.25) is 0 Å². The Morgan fingerprint density at radius 1 is 1.20 bits per heavy atom. The van der Waals surface area contributed by atoms with Crippen LogP contribution in [0.25, 0.3) is 0 Å². The molecule has 1 N–H and O–H groups in total. The van der Waals surface area contributed by atoms with E-state index < -0.39 is 5.97 Å². The fourth-order valence-corrected chi connectivity index (χ4v) is 1.67. The van der Waals surface area contributed by atoms with Crippen molar-refractivity contribution in [1.82, 2.24) is 4.90 Å². The van der Waals surface area contributed by atoms with Gasteiger partial charge in [0, 0.05) is 19.7 Å². The average molecular weight is 281 g/mol. The van der Waals surface area contributed by atoms with E-state index in [1.165, 1.54) is 0 Å². The van der Waals surface area contributed by atoms with Crippen LogP contribution in [0, 0.1) is 0 Å². The predicted octanol–water partition coefficient (Wildman–Crippen LogP) is 1.66. The molecular weight excluding hydrogens is 258 g/mol. The van der Waals surface area contributed by atoms with E-state index in [9.17, 15) is 4.79 Å². The first-order valence-corrected chi connectivity index (χ1v) is 6.81. The molecule has 1 aromatic carbocycles. The fraction of sp³-hybridized carbons (Fsp3) is 0.533. The van der Waals surface area contributed by atoms with Crippen LogP contribution < -0.4 is 4.74 Å². The molecule has 1 aromatic rings. The van der Waals surface area contributed by atoms with E-state index in [-0.39, 0.29) is 6.42 Å². The van der Waals surface area contributed by atoms with Crippen molar-refractivity contribution in [1.29, 1.82) is 0 Å². The van der Waals surface area contributed by atoms with Gasteiger partial charge in [-0.3, -0.25) is 4.79 Å². The molecule has 0 unspecified atom stereocenters. The molecule has 0 fully saturated rings. The van der Waals surface area contributed by atoms with E-state index in [1.54, 1.807) is 24.3 Å². The quantitative estimate of drug-likeness (QED) is 0.661. The number of hydrogen-bond donors (Lipinski definition) is 1. The lowest BCUT2D eigenvalue weighted by atomic mass is 10.1. The van der Waals surface area contributed by atoms with E-state index in [4.69, 9.17) is 14.6 Å². The van der Waals surface area contributed by atoms with Crippen molar-refractivity contribution in [3.8, 4) is 5.75 Å². The number of carboxylic acids is 1. The molecule has 0 aliphatic rings. The van der Waals surface area contributed by atoms with Gasteiger partial charge in [0.2, 0.25) is 0 Å². The van der Waals surface area contributed by atoms with Gasteiger partial charge in [-0.25, -0.2) is 0 Å². The molecule has 0 atom stereocenters. The predicted molar refractivity (Wildman–Crippen MR) is 77.3 cm³/mol. The SMILES string of the molecule is CCOCCN(C)CCOc1ccc(CC(=O)O)cc1. The Kier molecular flexibility index (Phi) is 7.69. The second-order valence-corrected chi connectivity index (χ2v) is 4.56. The maximum absolute atomic E-state index is 10.6. The molecule has 0 radical (unpaired) electrons. The van der Waals surface area contributed by atoms with Crippen LogP contribution in [-0.2, 0) is 16.0 Å². The first-order valence-electron chi connectivity index (χ1n) is 6.81. The van der Waals surface area contributed by atoms with Gasteiger partial charge in [-0.1, -0.05) is 12.1 Å². The molecule has 0 heterocycles. The molecule has 112 valence electrons. The standard InChI is InChI=1S/C15H23NO4/c1-3-19-10-8-16(2)9-11-20-14-6-4-13(5-7-14)12-15(17)18/h4-7H,3,8-12H2,1-2H3,(H,17,18). The van der Waals surface area contributed by atoms with Crippen molar-refractivity contribution in [2.75, 3.05) is 40.0 Å². The number of ether oxygens (including phenoxy) is 2.